The number of aryl methyl sites for hydroxylation is 1. The number of hydrogen-bond acceptors (Lipinski definition) is 3. The summed E-state index contributed by atoms with van der Waals surface area (Å²) in [6.45, 7) is 9.30. The van der Waals surface area contributed by atoms with E-state index in [0.29, 0.717) is 0 Å². The molecule has 0 aliphatic rings. The first-order chi connectivity index (χ1) is 15.4. The van der Waals surface area contributed by atoms with Gasteiger partial charge in [-0.1, -0.05) is 0 Å². The molecule has 0 aliphatic heterocycles. The number of unbranched alkanes of at least 4 members (excludes halogenated alkanes) is 3. The Hall–Kier alpha value is -1.56. The van der Waals surface area contributed by atoms with Gasteiger partial charge < -0.3 is 0 Å². The second-order valence-electron chi connectivity index (χ2n) is 9.64. The van der Waals surface area contributed by atoms with Crippen LogP contribution < -0.4 is 8.61 Å². The Morgan fingerprint density at radius 2 is 1.44 bits per heavy atom. The first-order valence-electron chi connectivity index (χ1n) is 12.6. The summed E-state index contributed by atoms with van der Waals surface area (Å²) in [5.74, 6) is 0. The van der Waals surface area contributed by atoms with E-state index in [1.807, 2.05) is 0 Å². The number of rotatable bonds is 12. The Labute approximate surface area is 199 Å². The predicted octanol–water partition coefficient (Wildman–Crippen LogP) is 6.83. The SMILES string of the molecule is CCC[CH2][Sn]([CH2]CCC)([CH2]CCC)[c]1nn2cc(-c3ccc(N(C)C)cc3)nc2cc1C. The van der Waals surface area contributed by atoms with Gasteiger partial charge in [-0.2, -0.15) is 0 Å². The molecule has 2 aromatic heterocycles. The van der Waals surface area contributed by atoms with E-state index in [4.69, 9.17) is 10.1 Å². The maximum absolute atomic E-state index is 5.34. The minimum atomic E-state index is -2.59. The quantitative estimate of drug-likeness (QED) is 0.236. The Morgan fingerprint density at radius 3 is 1.94 bits per heavy atom. The van der Waals surface area contributed by atoms with Gasteiger partial charge in [-0.3, -0.25) is 0 Å². The van der Waals surface area contributed by atoms with Crippen LogP contribution in [0.25, 0.3) is 16.9 Å². The van der Waals surface area contributed by atoms with Gasteiger partial charge in [0.1, 0.15) is 0 Å². The Kier molecular flexibility index (Phi) is 9.03. The molecule has 3 rings (SSSR count). The van der Waals surface area contributed by atoms with Crippen molar-refractivity contribution in [3.8, 4) is 11.3 Å². The zero-order valence-corrected chi connectivity index (χ0v) is 24.0. The van der Waals surface area contributed by atoms with E-state index in [1.165, 1.54) is 66.8 Å². The summed E-state index contributed by atoms with van der Waals surface area (Å²) in [6, 6.07) is 10.9. The average Bonchev–Trinajstić information content (AvgIpc) is 3.21. The summed E-state index contributed by atoms with van der Waals surface area (Å²) in [5.41, 5.74) is 5.72. The number of fused-ring (bicyclic) bond motifs is 1. The molecule has 0 saturated heterocycles. The van der Waals surface area contributed by atoms with Crippen molar-refractivity contribution >= 4 is 33.4 Å². The Morgan fingerprint density at radius 1 is 0.875 bits per heavy atom. The third kappa shape index (κ3) is 5.67. The molecule has 0 fully saturated rings. The zero-order chi connectivity index (χ0) is 23.1. The molecule has 0 radical (unpaired) electrons. The second-order valence-corrected chi connectivity index (χ2v) is 22.6. The molecular weight excluding hydrogens is 499 g/mol. The standard InChI is InChI=1S/C15H15N4.3C4H9.Sn/c1-11-8-15-17-14(10-19(15)16-9-11)12-4-6-13(7-5-12)18(2)3;3*1-3-4-2;/h4-8,10H,1-3H3;3*1,3-4H2,2H3;. The molecule has 2 heterocycles. The van der Waals surface area contributed by atoms with Crippen molar-refractivity contribution in [2.45, 2.75) is 79.5 Å². The molecule has 174 valence electrons. The van der Waals surface area contributed by atoms with Crippen molar-refractivity contribution in [2.24, 2.45) is 0 Å². The number of imidazole rings is 1. The van der Waals surface area contributed by atoms with Gasteiger partial charge in [0.15, 0.2) is 0 Å². The van der Waals surface area contributed by atoms with E-state index >= 15 is 0 Å². The fourth-order valence-electron chi connectivity index (χ4n) is 4.88. The van der Waals surface area contributed by atoms with Crippen LogP contribution in [-0.2, 0) is 0 Å². The summed E-state index contributed by atoms with van der Waals surface area (Å²) in [6.07, 6.45) is 10.1. The van der Waals surface area contributed by atoms with E-state index in [1.54, 1.807) is 0 Å². The number of hydrogen-bond donors (Lipinski definition) is 0. The van der Waals surface area contributed by atoms with Crippen molar-refractivity contribution in [3.63, 3.8) is 0 Å². The molecule has 5 heteroatoms. The first kappa shape index (κ1) is 25.1. The maximum atomic E-state index is 5.34. The first-order valence-corrected chi connectivity index (χ1v) is 20.1. The monoisotopic (exact) mass is 542 g/mol. The third-order valence-corrected chi connectivity index (χ3v) is 22.4. The molecule has 1 aromatic carbocycles. The molecular formula is C27H42N4Sn. The summed E-state index contributed by atoms with van der Waals surface area (Å²) in [5, 5.41) is 5.34. The fourth-order valence-corrected chi connectivity index (χ4v) is 21.4. The zero-order valence-electron chi connectivity index (χ0n) is 21.1. The third-order valence-electron chi connectivity index (χ3n) is 6.85. The average molecular weight is 541 g/mol. The van der Waals surface area contributed by atoms with Crippen LogP contribution in [0.5, 0.6) is 0 Å². The van der Waals surface area contributed by atoms with Crippen LogP contribution >= 0.6 is 0 Å². The number of nitrogens with zero attached hydrogens (tertiary/aromatic N) is 4. The van der Waals surface area contributed by atoms with E-state index in [2.05, 4.69) is 87.7 Å². The van der Waals surface area contributed by atoms with Gasteiger partial charge in [-0.15, -0.1) is 0 Å². The molecule has 32 heavy (non-hydrogen) atoms. The molecule has 0 spiro atoms. The van der Waals surface area contributed by atoms with E-state index < -0.39 is 18.4 Å². The van der Waals surface area contributed by atoms with Crippen LogP contribution in [0, 0.1) is 6.92 Å². The van der Waals surface area contributed by atoms with E-state index in [0.717, 1.165) is 16.9 Å². The number of anilines is 1. The van der Waals surface area contributed by atoms with Gasteiger partial charge in [-0.05, 0) is 0 Å². The topological polar surface area (TPSA) is 33.4 Å². The van der Waals surface area contributed by atoms with Crippen molar-refractivity contribution < 1.29 is 0 Å². The van der Waals surface area contributed by atoms with Gasteiger partial charge in [0.2, 0.25) is 0 Å². The molecule has 0 saturated carbocycles. The fraction of sp³-hybridized carbons (Fsp3) is 0.556. The van der Waals surface area contributed by atoms with Gasteiger partial charge in [0.25, 0.3) is 0 Å². The number of aromatic nitrogens is 3. The van der Waals surface area contributed by atoms with Crippen molar-refractivity contribution in [3.05, 3.63) is 42.1 Å². The molecule has 0 amide bonds. The van der Waals surface area contributed by atoms with Crippen molar-refractivity contribution in [1.29, 1.82) is 0 Å². The van der Waals surface area contributed by atoms with Crippen LogP contribution in [0.3, 0.4) is 0 Å². The van der Waals surface area contributed by atoms with E-state index in [9.17, 15) is 0 Å². The molecule has 3 aromatic rings. The van der Waals surface area contributed by atoms with Crippen LogP contribution in [0.1, 0.15) is 64.9 Å². The summed E-state index contributed by atoms with van der Waals surface area (Å²) in [4.78, 5) is 7.06. The van der Waals surface area contributed by atoms with Gasteiger partial charge >= 0.3 is 200 Å². The number of benzene rings is 1. The summed E-state index contributed by atoms with van der Waals surface area (Å²) >= 11 is -2.59. The van der Waals surface area contributed by atoms with Crippen LogP contribution in [0.15, 0.2) is 36.5 Å². The molecule has 0 N–H and O–H groups in total. The van der Waals surface area contributed by atoms with Crippen LogP contribution in [0.4, 0.5) is 5.69 Å². The minimum absolute atomic E-state index is 0.972. The molecule has 4 nitrogen and oxygen atoms in total. The normalized spacial score (nSPS) is 11.9. The molecule has 0 unspecified atom stereocenters. The van der Waals surface area contributed by atoms with Gasteiger partial charge in [0, 0.05) is 0 Å². The predicted molar refractivity (Wildman–Crippen MR) is 142 cm³/mol. The summed E-state index contributed by atoms with van der Waals surface area (Å²) in [7, 11) is 4.14. The summed E-state index contributed by atoms with van der Waals surface area (Å²) < 4.78 is 7.91. The molecule has 0 aliphatic carbocycles. The van der Waals surface area contributed by atoms with E-state index in [-0.39, 0.29) is 0 Å². The van der Waals surface area contributed by atoms with Crippen LogP contribution in [0.2, 0.25) is 13.3 Å². The Bertz CT molecular complexity index is 969. The van der Waals surface area contributed by atoms with Gasteiger partial charge in [-0.25, -0.2) is 0 Å². The van der Waals surface area contributed by atoms with Crippen LogP contribution in [-0.4, -0.2) is 47.1 Å². The van der Waals surface area contributed by atoms with Gasteiger partial charge in [0.05, 0.1) is 0 Å². The van der Waals surface area contributed by atoms with Crippen molar-refractivity contribution in [1.82, 2.24) is 14.6 Å². The Balaban J connectivity index is 2.04. The molecule has 0 atom stereocenters. The van der Waals surface area contributed by atoms with Crippen molar-refractivity contribution in [2.75, 3.05) is 19.0 Å². The second kappa shape index (κ2) is 11.5. The molecule has 0 bridgehead atoms.